The number of benzene rings is 2. The molecule has 0 aliphatic rings. The van der Waals surface area contributed by atoms with E-state index in [4.69, 9.17) is 9.47 Å². The van der Waals surface area contributed by atoms with Gasteiger partial charge in [0, 0.05) is 19.3 Å². The Bertz CT molecular complexity index is 829. The number of methoxy groups -OCH3 is 1. The molecule has 0 fully saturated rings. The van der Waals surface area contributed by atoms with Crippen LogP contribution in [0.15, 0.2) is 66.9 Å². The predicted molar refractivity (Wildman–Crippen MR) is 98.5 cm³/mol. The Balaban J connectivity index is 0.00000261. The molecule has 0 unspecified atom stereocenters. The third kappa shape index (κ3) is 6.24. The minimum atomic E-state index is -0.256. The van der Waals surface area contributed by atoms with E-state index in [-0.39, 0.29) is 18.2 Å². The topological polar surface area (TPSA) is 43.4 Å². The summed E-state index contributed by atoms with van der Waals surface area (Å²) >= 11 is 0. The number of ether oxygens (including phenoxy) is 2. The summed E-state index contributed by atoms with van der Waals surface area (Å²) < 4.78 is 24.2. The molecule has 142 valence electrons. The number of pyridine rings is 1. The Morgan fingerprint density at radius 3 is 2.41 bits per heavy atom. The van der Waals surface area contributed by atoms with Crippen molar-refractivity contribution in [2.45, 2.75) is 19.7 Å². The zero-order valence-electron chi connectivity index (χ0n) is 15.0. The van der Waals surface area contributed by atoms with Gasteiger partial charge in [-0.15, -0.1) is 0 Å². The van der Waals surface area contributed by atoms with Crippen molar-refractivity contribution in [2.24, 2.45) is 0 Å². The molecule has 0 spiro atoms. The molecule has 1 heterocycles. The van der Waals surface area contributed by atoms with E-state index >= 15 is 0 Å². The second-order valence-corrected chi connectivity index (χ2v) is 5.82. The van der Waals surface area contributed by atoms with Crippen LogP contribution in [0.1, 0.15) is 16.8 Å². The van der Waals surface area contributed by atoms with Crippen LogP contribution in [0.2, 0.25) is 0 Å². The van der Waals surface area contributed by atoms with Gasteiger partial charge >= 0.3 is 0 Å². The molecule has 0 saturated heterocycles. The third-order valence-electron chi connectivity index (χ3n) is 3.90. The van der Waals surface area contributed by atoms with Crippen molar-refractivity contribution in [1.82, 2.24) is 10.3 Å². The van der Waals surface area contributed by atoms with Gasteiger partial charge in [-0.1, -0.05) is 24.3 Å². The van der Waals surface area contributed by atoms with E-state index in [1.165, 1.54) is 12.1 Å². The van der Waals surface area contributed by atoms with Crippen LogP contribution >= 0.6 is 0 Å². The van der Waals surface area contributed by atoms with Crippen molar-refractivity contribution in [1.29, 1.82) is 0 Å². The highest BCUT2D eigenvalue weighted by Crippen LogP contribution is 2.28. The Labute approximate surface area is 164 Å². The summed E-state index contributed by atoms with van der Waals surface area (Å²) in [4.78, 5) is 4.29. The highest BCUT2D eigenvalue weighted by molar-refractivity contribution is 5.43. The van der Waals surface area contributed by atoms with Crippen molar-refractivity contribution in [3.05, 3.63) is 89.5 Å². The minimum absolute atomic E-state index is 0. The smallest absolute Gasteiger partial charge is 0.161 e. The number of nitrogens with zero attached hydrogens (tertiary/aromatic N) is 1. The van der Waals surface area contributed by atoms with E-state index < -0.39 is 0 Å². The number of hydrogen-bond acceptors (Lipinski definition) is 4. The lowest BCUT2D eigenvalue weighted by Gasteiger charge is -2.13. The monoisotopic (exact) mass is 387 g/mol. The van der Waals surface area contributed by atoms with Crippen molar-refractivity contribution >= 4 is 0 Å². The summed E-state index contributed by atoms with van der Waals surface area (Å²) in [5, 5.41) is 3.36. The third-order valence-corrected chi connectivity index (χ3v) is 3.90. The first kappa shape index (κ1) is 20.7. The molecule has 0 bridgehead atoms. The van der Waals surface area contributed by atoms with Gasteiger partial charge in [0.05, 0.1) is 12.8 Å². The average molecular weight is 388 g/mol. The molecule has 0 saturated carbocycles. The van der Waals surface area contributed by atoms with Gasteiger partial charge < -0.3 is 27.2 Å². The van der Waals surface area contributed by atoms with Crippen molar-refractivity contribution < 1.29 is 26.3 Å². The molecule has 0 atom stereocenters. The lowest BCUT2D eigenvalue weighted by Crippen LogP contribution is -3.00. The second kappa shape index (κ2) is 10.5. The fourth-order valence-electron chi connectivity index (χ4n) is 2.52. The summed E-state index contributed by atoms with van der Waals surface area (Å²) in [6.45, 7) is 1.76. The Kier molecular flexibility index (Phi) is 8.04. The van der Waals surface area contributed by atoms with E-state index in [2.05, 4.69) is 10.3 Å². The van der Waals surface area contributed by atoms with Crippen LogP contribution in [-0.4, -0.2) is 12.1 Å². The summed E-state index contributed by atoms with van der Waals surface area (Å²) in [5.41, 5.74) is 2.99. The normalized spacial score (nSPS) is 10.1. The number of halogens is 2. The Morgan fingerprint density at radius 1 is 0.926 bits per heavy atom. The van der Waals surface area contributed by atoms with Gasteiger partial charge in [-0.25, -0.2) is 4.39 Å². The Hall–Kier alpha value is -2.63. The van der Waals surface area contributed by atoms with Gasteiger partial charge in [-0.2, -0.15) is 0 Å². The average Bonchev–Trinajstić information content (AvgIpc) is 2.69. The van der Waals surface area contributed by atoms with Crippen LogP contribution in [-0.2, 0) is 19.7 Å². The van der Waals surface area contributed by atoms with E-state index in [1.807, 2.05) is 36.4 Å². The Morgan fingerprint density at radius 2 is 1.70 bits per heavy atom. The number of aromatic nitrogens is 1. The van der Waals surface area contributed by atoms with Gasteiger partial charge in [-0.05, 0) is 47.5 Å². The zero-order valence-corrected chi connectivity index (χ0v) is 15.7. The molecule has 0 radical (unpaired) electrons. The number of hydrogen-bond donors (Lipinski definition) is 1. The molecule has 2 aromatic carbocycles. The maximum atomic E-state index is 13.0. The summed E-state index contributed by atoms with van der Waals surface area (Å²) in [7, 11) is 1.62. The molecule has 3 rings (SSSR count). The quantitative estimate of drug-likeness (QED) is 0.628. The lowest BCUT2D eigenvalue weighted by atomic mass is 10.2. The SMILES string of the molecule is COc1cc(CNCc2ccccn2)ccc1OCc1ccc(F)cc1.[Cl-]. The summed E-state index contributed by atoms with van der Waals surface area (Å²) in [6, 6.07) is 18.0. The highest BCUT2D eigenvalue weighted by atomic mass is 35.5. The van der Waals surface area contributed by atoms with E-state index in [9.17, 15) is 4.39 Å². The highest BCUT2D eigenvalue weighted by Gasteiger charge is 2.07. The number of rotatable bonds is 8. The van der Waals surface area contributed by atoms with Crippen LogP contribution in [0.5, 0.6) is 11.5 Å². The first-order chi connectivity index (χ1) is 12.7. The maximum absolute atomic E-state index is 13.0. The maximum Gasteiger partial charge on any atom is 0.161 e. The summed E-state index contributed by atoms with van der Waals surface area (Å²) in [6.07, 6.45) is 1.79. The lowest BCUT2D eigenvalue weighted by molar-refractivity contribution is -0.00000654. The molecule has 1 N–H and O–H groups in total. The molecule has 6 heteroatoms. The van der Waals surface area contributed by atoms with Crippen LogP contribution in [0.25, 0.3) is 0 Å². The van der Waals surface area contributed by atoms with Crippen molar-refractivity contribution in [3.8, 4) is 11.5 Å². The molecule has 27 heavy (non-hydrogen) atoms. The fraction of sp³-hybridized carbons (Fsp3) is 0.190. The molecule has 1 aromatic heterocycles. The molecule has 0 aliphatic carbocycles. The van der Waals surface area contributed by atoms with Crippen molar-refractivity contribution in [2.75, 3.05) is 7.11 Å². The van der Waals surface area contributed by atoms with Gasteiger partial charge in [0.2, 0.25) is 0 Å². The predicted octanol–water partition coefficient (Wildman–Crippen LogP) is 1.10. The largest absolute Gasteiger partial charge is 1.00 e. The van der Waals surface area contributed by atoms with E-state index in [1.54, 1.807) is 25.4 Å². The van der Waals surface area contributed by atoms with Crippen LogP contribution in [0.3, 0.4) is 0 Å². The molecule has 0 aliphatic heterocycles. The summed E-state index contributed by atoms with van der Waals surface area (Å²) in [5.74, 6) is 1.07. The van der Waals surface area contributed by atoms with E-state index in [0.717, 1.165) is 16.8 Å². The van der Waals surface area contributed by atoms with Gasteiger partial charge in [0.25, 0.3) is 0 Å². The van der Waals surface area contributed by atoms with Gasteiger partial charge in [-0.3, -0.25) is 4.98 Å². The van der Waals surface area contributed by atoms with E-state index in [0.29, 0.717) is 31.2 Å². The van der Waals surface area contributed by atoms with Gasteiger partial charge in [0.1, 0.15) is 12.4 Å². The molecule has 4 nitrogen and oxygen atoms in total. The molecule has 3 aromatic rings. The second-order valence-electron chi connectivity index (χ2n) is 5.82. The van der Waals surface area contributed by atoms with Crippen molar-refractivity contribution in [3.63, 3.8) is 0 Å². The standard InChI is InChI=1S/C21H21FN2O2.ClH/c1-25-21-12-17(13-23-14-19-4-2-3-11-24-19)7-10-20(21)26-15-16-5-8-18(22)9-6-16;/h2-12,23H,13-15H2,1H3;1H/p-1. The molecular weight excluding hydrogens is 367 g/mol. The fourth-order valence-corrected chi connectivity index (χ4v) is 2.52. The first-order valence-electron chi connectivity index (χ1n) is 8.39. The van der Waals surface area contributed by atoms with Crippen LogP contribution < -0.4 is 27.2 Å². The van der Waals surface area contributed by atoms with Crippen LogP contribution in [0, 0.1) is 5.82 Å². The molecule has 0 amide bonds. The minimum Gasteiger partial charge on any atom is -1.00 e. The van der Waals surface area contributed by atoms with Crippen LogP contribution in [0.4, 0.5) is 4.39 Å². The molecular formula is C21H21ClFN2O2-. The first-order valence-corrected chi connectivity index (χ1v) is 8.39. The van der Waals surface area contributed by atoms with Gasteiger partial charge in [0.15, 0.2) is 11.5 Å². The number of nitrogens with one attached hydrogen (secondary N) is 1. The zero-order chi connectivity index (χ0) is 18.2.